The van der Waals surface area contributed by atoms with Crippen molar-refractivity contribution in [2.24, 2.45) is 0 Å². The van der Waals surface area contributed by atoms with Gasteiger partial charge in [0.25, 0.3) is 11.8 Å². The molecule has 1 aliphatic rings. The fourth-order valence-electron chi connectivity index (χ4n) is 3.56. The minimum atomic E-state index is -0.187. The van der Waals surface area contributed by atoms with Gasteiger partial charge < -0.3 is 19.7 Å². The predicted octanol–water partition coefficient (Wildman–Crippen LogP) is 3.64. The summed E-state index contributed by atoms with van der Waals surface area (Å²) in [6.07, 6.45) is 0. The Morgan fingerprint density at radius 1 is 1.00 bits per heavy atom. The summed E-state index contributed by atoms with van der Waals surface area (Å²) in [5, 5.41) is 4.52. The maximum atomic E-state index is 12.9. The largest absolute Gasteiger partial charge is 0.483 e. The van der Waals surface area contributed by atoms with Gasteiger partial charge in [0.2, 0.25) is 0 Å². The van der Waals surface area contributed by atoms with Crippen LogP contribution in [0.1, 0.15) is 15.9 Å². The van der Waals surface area contributed by atoms with Crippen LogP contribution in [0.5, 0.6) is 5.75 Å². The molecule has 1 saturated heterocycles. The molecule has 0 aliphatic carbocycles. The maximum absolute atomic E-state index is 12.9. The zero-order valence-electron chi connectivity index (χ0n) is 16.9. The second kappa shape index (κ2) is 8.97. The number of carbonyl (C=O) groups excluding carboxylic acids is 2. The second-order valence-corrected chi connectivity index (χ2v) is 7.26. The van der Waals surface area contributed by atoms with Gasteiger partial charge in [-0.25, -0.2) is 0 Å². The molecule has 0 atom stereocenters. The zero-order valence-corrected chi connectivity index (χ0v) is 16.9. The van der Waals surface area contributed by atoms with E-state index >= 15 is 0 Å². The van der Waals surface area contributed by atoms with Gasteiger partial charge in [-0.05, 0) is 42.1 Å². The number of hydrogen-bond donors (Lipinski definition) is 1. The molecule has 1 aliphatic heterocycles. The number of carbonyl (C=O) groups is 2. The molecule has 0 radical (unpaired) electrons. The normalized spacial score (nSPS) is 13.8. The van der Waals surface area contributed by atoms with Crippen molar-refractivity contribution in [2.45, 2.75) is 6.92 Å². The van der Waals surface area contributed by atoms with Crippen molar-refractivity contribution in [1.82, 2.24) is 4.90 Å². The molecule has 6 nitrogen and oxygen atoms in total. The molecule has 3 aromatic carbocycles. The smallest absolute Gasteiger partial charge is 0.260 e. The summed E-state index contributed by atoms with van der Waals surface area (Å²) in [5.41, 5.74) is 2.38. The Morgan fingerprint density at radius 2 is 1.77 bits per heavy atom. The molecule has 1 heterocycles. The molecule has 0 spiro atoms. The van der Waals surface area contributed by atoms with E-state index in [1.165, 1.54) is 0 Å². The average Bonchev–Trinajstić information content (AvgIpc) is 2.77. The van der Waals surface area contributed by atoms with Crippen LogP contribution in [0.25, 0.3) is 10.8 Å². The number of aryl methyl sites for hydroxylation is 1. The van der Waals surface area contributed by atoms with E-state index in [1.807, 2.05) is 55.5 Å². The Morgan fingerprint density at radius 3 is 2.53 bits per heavy atom. The summed E-state index contributed by atoms with van der Waals surface area (Å²) >= 11 is 0. The van der Waals surface area contributed by atoms with Crippen LogP contribution >= 0.6 is 0 Å². The first-order valence-electron chi connectivity index (χ1n) is 10.00. The van der Waals surface area contributed by atoms with Crippen LogP contribution in [0.15, 0.2) is 60.7 Å². The molecule has 0 saturated carbocycles. The highest BCUT2D eigenvalue weighted by Gasteiger charge is 2.18. The fourth-order valence-corrected chi connectivity index (χ4v) is 3.56. The topological polar surface area (TPSA) is 67.9 Å². The van der Waals surface area contributed by atoms with Crippen LogP contribution in [0.4, 0.5) is 5.69 Å². The number of anilines is 1. The van der Waals surface area contributed by atoms with E-state index < -0.39 is 0 Å². The van der Waals surface area contributed by atoms with E-state index in [-0.39, 0.29) is 18.4 Å². The summed E-state index contributed by atoms with van der Waals surface area (Å²) in [7, 11) is 0. The monoisotopic (exact) mass is 404 g/mol. The van der Waals surface area contributed by atoms with Gasteiger partial charge in [0, 0.05) is 29.7 Å². The Bertz CT molecular complexity index is 1070. The lowest BCUT2D eigenvalue weighted by atomic mass is 10.0. The molecule has 0 bridgehead atoms. The van der Waals surface area contributed by atoms with E-state index in [4.69, 9.17) is 9.47 Å². The quantitative estimate of drug-likeness (QED) is 0.705. The van der Waals surface area contributed by atoms with Crippen LogP contribution in [-0.2, 0) is 9.53 Å². The number of benzene rings is 3. The Labute approximate surface area is 175 Å². The molecular weight excluding hydrogens is 380 g/mol. The van der Waals surface area contributed by atoms with Crippen molar-refractivity contribution in [1.29, 1.82) is 0 Å². The molecule has 4 rings (SSSR count). The van der Waals surface area contributed by atoms with Crippen molar-refractivity contribution in [3.05, 3.63) is 71.8 Å². The predicted molar refractivity (Wildman–Crippen MR) is 116 cm³/mol. The molecular formula is C24H24N2O4. The van der Waals surface area contributed by atoms with E-state index in [2.05, 4.69) is 5.32 Å². The number of morpholine rings is 1. The minimum Gasteiger partial charge on any atom is -0.483 e. The van der Waals surface area contributed by atoms with E-state index in [1.54, 1.807) is 17.0 Å². The third-order valence-corrected chi connectivity index (χ3v) is 5.12. The summed E-state index contributed by atoms with van der Waals surface area (Å²) in [6.45, 7) is 4.22. The molecule has 0 aromatic heterocycles. The first-order valence-corrected chi connectivity index (χ1v) is 10.00. The van der Waals surface area contributed by atoms with Gasteiger partial charge in [0.05, 0.1) is 13.2 Å². The highest BCUT2D eigenvalue weighted by molar-refractivity contribution is 6.14. The Balaban J connectivity index is 1.54. The van der Waals surface area contributed by atoms with Crippen LogP contribution < -0.4 is 10.1 Å². The van der Waals surface area contributed by atoms with Gasteiger partial charge >= 0.3 is 0 Å². The van der Waals surface area contributed by atoms with Crippen LogP contribution in [0.2, 0.25) is 0 Å². The van der Waals surface area contributed by atoms with Crippen molar-refractivity contribution < 1.29 is 19.1 Å². The number of nitrogens with zero attached hydrogens (tertiary/aromatic N) is 1. The van der Waals surface area contributed by atoms with E-state index in [0.717, 1.165) is 22.0 Å². The minimum absolute atomic E-state index is 0.0428. The van der Waals surface area contributed by atoms with Gasteiger partial charge in [0.15, 0.2) is 6.61 Å². The summed E-state index contributed by atoms with van der Waals surface area (Å²) in [6, 6.07) is 18.7. The lowest BCUT2D eigenvalue weighted by Crippen LogP contribution is -2.43. The van der Waals surface area contributed by atoms with Gasteiger partial charge in [-0.3, -0.25) is 9.59 Å². The molecule has 30 heavy (non-hydrogen) atoms. The van der Waals surface area contributed by atoms with Crippen molar-refractivity contribution >= 4 is 28.3 Å². The van der Waals surface area contributed by atoms with Gasteiger partial charge in [-0.15, -0.1) is 0 Å². The van der Waals surface area contributed by atoms with E-state index in [0.29, 0.717) is 37.6 Å². The van der Waals surface area contributed by atoms with Crippen LogP contribution in [-0.4, -0.2) is 49.6 Å². The summed E-state index contributed by atoms with van der Waals surface area (Å²) in [5.74, 6) is 0.329. The molecule has 1 N–H and O–H groups in total. The molecule has 6 heteroatoms. The van der Waals surface area contributed by atoms with Crippen LogP contribution in [0, 0.1) is 6.92 Å². The zero-order chi connectivity index (χ0) is 20.9. The summed E-state index contributed by atoms with van der Waals surface area (Å²) in [4.78, 5) is 27.0. The average molecular weight is 404 g/mol. The number of fused-ring (bicyclic) bond motifs is 1. The number of ether oxygens (including phenoxy) is 2. The molecule has 1 fully saturated rings. The van der Waals surface area contributed by atoms with E-state index in [9.17, 15) is 9.59 Å². The first kappa shape index (κ1) is 19.9. The summed E-state index contributed by atoms with van der Waals surface area (Å²) < 4.78 is 11.1. The molecule has 0 unspecified atom stereocenters. The number of hydrogen-bond acceptors (Lipinski definition) is 4. The number of amides is 2. The fraction of sp³-hybridized carbons (Fsp3) is 0.250. The Hall–Kier alpha value is -3.38. The molecule has 3 aromatic rings. The van der Waals surface area contributed by atoms with Crippen LogP contribution in [0.3, 0.4) is 0 Å². The van der Waals surface area contributed by atoms with Crippen molar-refractivity contribution in [2.75, 3.05) is 38.2 Å². The van der Waals surface area contributed by atoms with Crippen molar-refractivity contribution in [3.63, 3.8) is 0 Å². The standard InChI is InChI=1S/C24H24N2O4/c1-17-5-4-6-18(15-17)25-24(28)21-9-10-22(20-8-3-2-7-19(20)21)30-16-23(27)26-11-13-29-14-12-26/h2-10,15H,11-14,16H2,1H3,(H,25,28). The van der Waals surface area contributed by atoms with Crippen molar-refractivity contribution in [3.8, 4) is 5.75 Å². The molecule has 2 amide bonds. The number of rotatable bonds is 5. The lowest BCUT2D eigenvalue weighted by Gasteiger charge is -2.26. The third kappa shape index (κ3) is 4.44. The second-order valence-electron chi connectivity index (χ2n) is 7.26. The Kier molecular flexibility index (Phi) is 5.95. The third-order valence-electron chi connectivity index (χ3n) is 5.12. The van der Waals surface area contributed by atoms with Gasteiger partial charge in [-0.1, -0.05) is 36.4 Å². The SMILES string of the molecule is Cc1cccc(NC(=O)c2ccc(OCC(=O)N3CCOCC3)c3ccccc23)c1. The molecule has 154 valence electrons. The lowest BCUT2D eigenvalue weighted by molar-refractivity contribution is -0.137. The van der Waals surface area contributed by atoms with Gasteiger partial charge in [0.1, 0.15) is 5.75 Å². The first-order chi connectivity index (χ1) is 14.6. The number of nitrogens with one attached hydrogen (secondary N) is 1. The maximum Gasteiger partial charge on any atom is 0.260 e. The highest BCUT2D eigenvalue weighted by Crippen LogP contribution is 2.29. The highest BCUT2D eigenvalue weighted by atomic mass is 16.5. The van der Waals surface area contributed by atoms with Gasteiger partial charge in [-0.2, -0.15) is 0 Å².